The van der Waals surface area contributed by atoms with Gasteiger partial charge >= 0.3 is 0 Å². The highest BCUT2D eigenvalue weighted by molar-refractivity contribution is 6.13. The predicted molar refractivity (Wildman–Crippen MR) is 288 cm³/mol. The second-order valence-corrected chi connectivity index (χ2v) is 17.6. The lowest BCUT2D eigenvalue weighted by Gasteiger charge is -2.29. The van der Waals surface area contributed by atoms with E-state index in [0.717, 1.165) is 72.4 Å². The van der Waals surface area contributed by atoms with E-state index in [2.05, 4.69) is 254 Å². The maximum atomic E-state index is 6.51. The third-order valence-corrected chi connectivity index (χ3v) is 13.7. The summed E-state index contributed by atoms with van der Waals surface area (Å²) in [6.07, 6.45) is 0. The summed E-state index contributed by atoms with van der Waals surface area (Å²) in [5.74, 6) is 0. The molecule has 0 aliphatic carbocycles. The van der Waals surface area contributed by atoms with E-state index in [1.165, 1.54) is 54.6 Å². The van der Waals surface area contributed by atoms with E-state index in [-0.39, 0.29) is 0 Å². The molecule has 0 unspecified atom stereocenters. The fourth-order valence-electron chi connectivity index (χ4n) is 10.4. The first-order valence-corrected chi connectivity index (χ1v) is 23.3. The Balaban J connectivity index is 0.958. The predicted octanol–water partition coefficient (Wildman–Crippen LogP) is 18.9. The summed E-state index contributed by atoms with van der Waals surface area (Å²) < 4.78 is 6.51. The van der Waals surface area contributed by atoms with Crippen LogP contribution >= 0.6 is 0 Å². The number of hydrogen-bond acceptors (Lipinski definition) is 2. The van der Waals surface area contributed by atoms with E-state index >= 15 is 0 Å². The van der Waals surface area contributed by atoms with Crippen LogP contribution in [0.1, 0.15) is 0 Å². The summed E-state index contributed by atoms with van der Waals surface area (Å²) in [6.45, 7) is 0. The Morgan fingerprint density at radius 2 is 0.735 bits per heavy atom. The van der Waals surface area contributed by atoms with Crippen molar-refractivity contribution in [2.24, 2.45) is 0 Å². The first kappa shape index (κ1) is 39.4. The SMILES string of the molecule is c1ccc(-c2ccc(-c3cccc4c3ccc3ccccc34)cc2N(c2ccc(-c3ccc(-c4cccc5ccccc45)cc3)cc2)c2ccc(-c3cccc4c3oc3ccccc34)cc2)cc1. The number of rotatable bonds is 8. The van der Waals surface area contributed by atoms with Crippen LogP contribution < -0.4 is 4.90 Å². The minimum absolute atomic E-state index is 0.898. The molecule has 13 aromatic rings. The van der Waals surface area contributed by atoms with Crippen LogP contribution in [0.2, 0.25) is 0 Å². The summed E-state index contributed by atoms with van der Waals surface area (Å²) in [6, 6.07) is 94.5. The topological polar surface area (TPSA) is 16.4 Å². The van der Waals surface area contributed by atoms with Gasteiger partial charge in [0.2, 0.25) is 0 Å². The van der Waals surface area contributed by atoms with Crippen LogP contribution in [0, 0.1) is 0 Å². The van der Waals surface area contributed by atoms with Crippen molar-refractivity contribution < 1.29 is 4.42 Å². The van der Waals surface area contributed by atoms with Crippen LogP contribution in [0.25, 0.3) is 110 Å². The zero-order valence-corrected chi connectivity index (χ0v) is 37.2. The molecule has 0 N–H and O–H groups in total. The average Bonchev–Trinajstić information content (AvgIpc) is 3.80. The van der Waals surface area contributed by atoms with Gasteiger partial charge in [-0.1, -0.05) is 224 Å². The third kappa shape index (κ3) is 6.82. The summed E-state index contributed by atoms with van der Waals surface area (Å²) in [5, 5.41) is 9.75. The third-order valence-electron chi connectivity index (χ3n) is 13.7. The molecule has 0 radical (unpaired) electrons. The lowest BCUT2D eigenvalue weighted by atomic mass is 9.92. The standard InChI is InChI=1S/C66H43NO/c1-2-13-47(14-3-1)58-41-36-51(57-22-11-24-60-56-19-7-5-16-48(56)35-42-61(57)60)43-64(58)67(53-39-33-50(34-40-53)59-23-12-25-63-62-20-8-9-26-65(62)68-66(59)63)52-37-31-45(32-38-52)44-27-29-49(30-28-44)55-21-10-17-46-15-4-6-18-54(46)55/h1-43H. The van der Waals surface area contributed by atoms with Crippen molar-refractivity contribution in [3.05, 3.63) is 261 Å². The van der Waals surface area contributed by atoms with Gasteiger partial charge in [0.1, 0.15) is 11.2 Å². The number of anilines is 3. The Morgan fingerprint density at radius 1 is 0.250 bits per heavy atom. The maximum absolute atomic E-state index is 6.51. The number of furan rings is 1. The number of benzene rings is 12. The van der Waals surface area contributed by atoms with Gasteiger partial charge in [-0.05, 0) is 113 Å². The van der Waals surface area contributed by atoms with Crippen LogP contribution in [-0.2, 0) is 0 Å². The van der Waals surface area contributed by atoms with Gasteiger partial charge in [-0.15, -0.1) is 0 Å². The van der Waals surface area contributed by atoms with Gasteiger partial charge in [0.15, 0.2) is 0 Å². The molecule has 0 saturated heterocycles. The molecule has 12 aromatic carbocycles. The molecule has 2 nitrogen and oxygen atoms in total. The van der Waals surface area contributed by atoms with Crippen molar-refractivity contribution in [3.63, 3.8) is 0 Å². The zero-order chi connectivity index (χ0) is 45.0. The molecular formula is C66H43NO. The molecular weight excluding hydrogens is 823 g/mol. The molecule has 0 bridgehead atoms. The number of para-hydroxylation sites is 2. The minimum atomic E-state index is 0.898. The molecule has 13 rings (SSSR count). The Morgan fingerprint density at radius 3 is 1.49 bits per heavy atom. The van der Waals surface area contributed by atoms with Gasteiger partial charge < -0.3 is 9.32 Å². The molecule has 0 aliphatic heterocycles. The first-order valence-electron chi connectivity index (χ1n) is 23.3. The molecule has 0 atom stereocenters. The smallest absolute Gasteiger partial charge is 0.143 e. The summed E-state index contributed by atoms with van der Waals surface area (Å²) in [5.41, 5.74) is 16.6. The van der Waals surface area contributed by atoms with Gasteiger partial charge in [0, 0.05) is 33.3 Å². The highest BCUT2D eigenvalue weighted by atomic mass is 16.3. The minimum Gasteiger partial charge on any atom is -0.455 e. The second kappa shape index (κ2) is 16.5. The fourth-order valence-corrected chi connectivity index (χ4v) is 10.4. The first-order chi connectivity index (χ1) is 33.7. The highest BCUT2D eigenvalue weighted by Crippen LogP contribution is 2.46. The van der Waals surface area contributed by atoms with Gasteiger partial charge in [-0.3, -0.25) is 0 Å². The Labute approximate surface area is 395 Å². The molecule has 0 amide bonds. The Kier molecular flexibility index (Phi) is 9.54. The van der Waals surface area contributed by atoms with Crippen LogP contribution in [0.3, 0.4) is 0 Å². The Bertz CT molecular complexity index is 3990. The van der Waals surface area contributed by atoms with Crippen LogP contribution in [0.4, 0.5) is 17.1 Å². The van der Waals surface area contributed by atoms with E-state index in [9.17, 15) is 0 Å². The van der Waals surface area contributed by atoms with Crippen molar-refractivity contribution >= 4 is 71.3 Å². The molecule has 0 spiro atoms. The molecule has 318 valence electrons. The van der Waals surface area contributed by atoms with Crippen molar-refractivity contribution in [2.45, 2.75) is 0 Å². The molecule has 1 heterocycles. The normalized spacial score (nSPS) is 11.5. The second-order valence-electron chi connectivity index (χ2n) is 17.6. The summed E-state index contributed by atoms with van der Waals surface area (Å²) >= 11 is 0. The zero-order valence-electron chi connectivity index (χ0n) is 37.2. The van der Waals surface area contributed by atoms with E-state index in [4.69, 9.17) is 4.42 Å². The lowest BCUT2D eigenvalue weighted by Crippen LogP contribution is -2.11. The molecule has 1 aromatic heterocycles. The summed E-state index contributed by atoms with van der Waals surface area (Å²) in [4.78, 5) is 2.42. The van der Waals surface area contributed by atoms with Crippen molar-refractivity contribution in [1.82, 2.24) is 0 Å². The number of nitrogens with zero attached hydrogens (tertiary/aromatic N) is 1. The van der Waals surface area contributed by atoms with Crippen molar-refractivity contribution in [2.75, 3.05) is 4.90 Å². The number of hydrogen-bond donors (Lipinski definition) is 0. The van der Waals surface area contributed by atoms with Crippen molar-refractivity contribution in [3.8, 4) is 55.6 Å². The van der Waals surface area contributed by atoms with E-state index in [1.807, 2.05) is 12.1 Å². The monoisotopic (exact) mass is 865 g/mol. The quantitative estimate of drug-likeness (QED) is 0.142. The average molecular weight is 866 g/mol. The molecule has 68 heavy (non-hydrogen) atoms. The van der Waals surface area contributed by atoms with Gasteiger partial charge in [0.25, 0.3) is 0 Å². The van der Waals surface area contributed by atoms with Crippen LogP contribution in [-0.4, -0.2) is 0 Å². The van der Waals surface area contributed by atoms with Gasteiger partial charge in [0.05, 0.1) is 5.69 Å². The highest BCUT2D eigenvalue weighted by Gasteiger charge is 2.21. The largest absolute Gasteiger partial charge is 0.455 e. The van der Waals surface area contributed by atoms with Crippen molar-refractivity contribution in [1.29, 1.82) is 0 Å². The number of fused-ring (bicyclic) bond motifs is 7. The van der Waals surface area contributed by atoms with Gasteiger partial charge in [-0.2, -0.15) is 0 Å². The van der Waals surface area contributed by atoms with E-state index in [0.29, 0.717) is 0 Å². The van der Waals surface area contributed by atoms with E-state index in [1.54, 1.807) is 0 Å². The maximum Gasteiger partial charge on any atom is 0.143 e. The molecule has 0 aliphatic rings. The van der Waals surface area contributed by atoms with E-state index < -0.39 is 0 Å². The van der Waals surface area contributed by atoms with Gasteiger partial charge in [-0.25, -0.2) is 0 Å². The fraction of sp³-hybridized carbons (Fsp3) is 0. The molecule has 2 heteroatoms. The molecule has 0 saturated carbocycles. The Hall–Kier alpha value is -8.98. The molecule has 0 fully saturated rings. The van der Waals surface area contributed by atoms with Crippen LogP contribution in [0.5, 0.6) is 0 Å². The van der Waals surface area contributed by atoms with Crippen LogP contribution in [0.15, 0.2) is 265 Å². The summed E-state index contributed by atoms with van der Waals surface area (Å²) in [7, 11) is 0. The lowest BCUT2D eigenvalue weighted by molar-refractivity contribution is 0.670.